The van der Waals surface area contributed by atoms with Crippen molar-refractivity contribution < 1.29 is 4.79 Å². The molecule has 0 saturated carbocycles. The molecule has 1 rings (SSSR count). The number of carbonyl (C=O) groups is 1. The molecule has 0 heterocycles. The van der Waals surface area contributed by atoms with Crippen LogP contribution in [0.2, 0.25) is 0 Å². The summed E-state index contributed by atoms with van der Waals surface area (Å²) < 4.78 is 0. The average molecular weight is 220 g/mol. The first-order valence-electron chi connectivity index (χ1n) is 6.00. The second-order valence-corrected chi connectivity index (χ2v) is 6.81. The summed E-state index contributed by atoms with van der Waals surface area (Å²) in [6, 6.07) is 0. The van der Waals surface area contributed by atoms with Crippen LogP contribution >= 0.6 is 0 Å². The van der Waals surface area contributed by atoms with Crippen LogP contribution in [-0.2, 0) is 4.79 Å². The lowest BCUT2D eigenvalue weighted by Gasteiger charge is -2.32. The van der Waals surface area contributed by atoms with Gasteiger partial charge in [0, 0.05) is 11.1 Å². The molecule has 1 aliphatic rings. The Morgan fingerprint density at radius 2 is 1.50 bits per heavy atom. The molecule has 0 bridgehead atoms. The summed E-state index contributed by atoms with van der Waals surface area (Å²) in [5.74, 6) is 0.253. The zero-order valence-electron chi connectivity index (χ0n) is 11.7. The predicted octanol–water partition coefficient (Wildman–Crippen LogP) is 4.29. The Bertz CT molecular complexity index is 367. The fraction of sp³-hybridized carbons (Fsp3) is 0.667. The van der Waals surface area contributed by atoms with Crippen LogP contribution in [0.5, 0.6) is 0 Å². The third-order valence-corrected chi connectivity index (χ3v) is 3.07. The van der Waals surface area contributed by atoms with E-state index in [1.165, 1.54) is 5.57 Å². The first-order valence-corrected chi connectivity index (χ1v) is 6.00. The van der Waals surface area contributed by atoms with Crippen molar-refractivity contribution in [2.75, 3.05) is 0 Å². The fourth-order valence-electron chi connectivity index (χ4n) is 2.41. The van der Waals surface area contributed by atoms with Crippen molar-refractivity contribution in [3.8, 4) is 0 Å². The van der Waals surface area contributed by atoms with Gasteiger partial charge in [-0.15, -0.1) is 0 Å². The lowest BCUT2D eigenvalue weighted by Crippen LogP contribution is -2.28. The lowest BCUT2D eigenvalue weighted by atomic mass is 9.71. The zero-order valence-corrected chi connectivity index (χ0v) is 11.7. The molecule has 0 amide bonds. The van der Waals surface area contributed by atoms with Gasteiger partial charge in [-0.1, -0.05) is 53.2 Å². The second-order valence-electron chi connectivity index (χ2n) is 6.81. The van der Waals surface area contributed by atoms with E-state index in [9.17, 15) is 4.79 Å². The minimum atomic E-state index is -0.0497. The second kappa shape index (κ2) is 3.87. The van der Waals surface area contributed by atoms with E-state index in [0.29, 0.717) is 0 Å². The molecule has 0 N–H and O–H groups in total. The highest BCUT2D eigenvalue weighted by Gasteiger charge is 2.34. The minimum Gasteiger partial charge on any atom is -0.289 e. The normalized spacial score (nSPS) is 18.9. The molecule has 90 valence electrons. The van der Waals surface area contributed by atoms with Crippen LogP contribution in [0.4, 0.5) is 0 Å². The summed E-state index contributed by atoms with van der Waals surface area (Å²) in [5.41, 5.74) is 3.12. The molecule has 0 unspecified atom stereocenters. The Morgan fingerprint density at radius 1 is 1.00 bits per heavy atom. The third kappa shape index (κ3) is 2.45. The molecule has 0 aromatic rings. The van der Waals surface area contributed by atoms with Crippen molar-refractivity contribution in [3.05, 3.63) is 22.8 Å². The van der Waals surface area contributed by atoms with Crippen molar-refractivity contribution in [2.24, 2.45) is 10.8 Å². The van der Waals surface area contributed by atoms with Crippen LogP contribution in [0.3, 0.4) is 0 Å². The van der Waals surface area contributed by atoms with Gasteiger partial charge in [0.15, 0.2) is 5.78 Å². The molecule has 0 fully saturated rings. The monoisotopic (exact) mass is 220 g/mol. The van der Waals surface area contributed by atoms with E-state index in [0.717, 1.165) is 17.6 Å². The smallest absolute Gasteiger partial charge is 0.185 e. The molecule has 0 atom stereocenters. The Hall–Kier alpha value is -0.850. The lowest BCUT2D eigenvalue weighted by molar-refractivity contribution is -0.114. The number of ketones is 1. The van der Waals surface area contributed by atoms with Crippen LogP contribution in [0.15, 0.2) is 22.8 Å². The number of hydrogen-bond donors (Lipinski definition) is 0. The van der Waals surface area contributed by atoms with E-state index < -0.39 is 0 Å². The van der Waals surface area contributed by atoms with E-state index in [1.807, 2.05) is 0 Å². The van der Waals surface area contributed by atoms with Crippen molar-refractivity contribution in [2.45, 2.75) is 54.9 Å². The standard InChI is InChI=1S/C15H24O/c1-10-8-9-11(14(2,3)4)13(16)12(10)15(5,6)7/h9H,8H2,1-7H3. The molecule has 0 radical (unpaired) electrons. The van der Waals surface area contributed by atoms with Crippen LogP contribution < -0.4 is 0 Å². The maximum Gasteiger partial charge on any atom is 0.185 e. The molecular weight excluding hydrogens is 196 g/mol. The van der Waals surface area contributed by atoms with Crippen molar-refractivity contribution >= 4 is 5.78 Å². The van der Waals surface area contributed by atoms with Crippen molar-refractivity contribution in [1.82, 2.24) is 0 Å². The molecular formula is C15H24O. The maximum absolute atomic E-state index is 12.5. The summed E-state index contributed by atoms with van der Waals surface area (Å²) in [5, 5.41) is 0. The summed E-state index contributed by atoms with van der Waals surface area (Å²) in [7, 11) is 0. The molecule has 0 aromatic heterocycles. The van der Waals surface area contributed by atoms with Gasteiger partial charge in [0.25, 0.3) is 0 Å². The highest BCUT2D eigenvalue weighted by Crippen LogP contribution is 2.39. The first kappa shape index (κ1) is 13.2. The van der Waals surface area contributed by atoms with Crippen LogP contribution in [0.25, 0.3) is 0 Å². The van der Waals surface area contributed by atoms with Gasteiger partial charge in [0.1, 0.15) is 0 Å². The third-order valence-electron chi connectivity index (χ3n) is 3.07. The van der Waals surface area contributed by atoms with Gasteiger partial charge in [-0.2, -0.15) is 0 Å². The van der Waals surface area contributed by atoms with Crippen molar-refractivity contribution in [3.63, 3.8) is 0 Å². The number of rotatable bonds is 0. The molecule has 16 heavy (non-hydrogen) atoms. The average Bonchev–Trinajstić information content (AvgIpc) is 1.97. The number of hydrogen-bond acceptors (Lipinski definition) is 1. The van der Waals surface area contributed by atoms with Crippen LogP contribution in [-0.4, -0.2) is 5.78 Å². The largest absolute Gasteiger partial charge is 0.289 e. The highest BCUT2D eigenvalue weighted by atomic mass is 16.1. The topological polar surface area (TPSA) is 17.1 Å². The molecule has 0 aromatic carbocycles. The first-order chi connectivity index (χ1) is 7.05. The van der Waals surface area contributed by atoms with E-state index >= 15 is 0 Å². The van der Waals surface area contributed by atoms with Gasteiger partial charge in [0.05, 0.1) is 0 Å². The van der Waals surface area contributed by atoms with E-state index in [1.54, 1.807) is 0 Å². The highest BCUT2D eigenvalue weighted by molar-refractivity contribution is 6.11. The summed E-state index contributed by atoms with van der Waals surface area (Å²) >= 11 is 0. The number of carbonyl (C=O) groups excluding carboxylic acids is 1. The Balaban J connectivity index is 3.20. The summed E-state index contributed by atoms with van der Waals surface area (Å²) in [6.07, 6.45) is 3.03. The van der Waals surface area contributed by atoms with E-state index in [2.05, 4.69) is 54.5 Å². The summed E-state index contributed by atoms with van der Waals surface area (Å²) in [4.78, 5) is 12.5. The Morgan fingerprint density at radius 3 is 1.88 bits per heavy atom. The van der Waals surface area contributed by atoms with Gasteiger partial charge >= 0.3 is 0 Å². The number of Topliss-reactive ketones (excluding diaryl/α,β-unsaturated/α-hetero) is 1. The van der Waals surface area contributed by atoms with Gasteiger partial charge in [-0.25, -0.2) is 0 Å². The summed E-state index contributed by atoms with van der Waals surface area (Å²) in [6.45, 7) is 14.8. The predicted molar refractivity (Wildman–Crippen MR) is 69.3 cm³/mol. The van der Waals surface area contributed by atoms with Gasteiger partial charge in [-0.05, 0) is 24.2 Å². The van der Waals surface area contributed by atoms with Gasteiger partial charge in [0.2, 0.25) is 0 Å². The molecule has 1 nitrogen and oxygen atoms in total. The SMILES string of the molecule is CC1=C(C(C)(C)C)C(=O)C(C(C)(C)C)=CC1. The van der Waals surface area contributed by atoms with Crippen molar-refractivity contribution in [1.29, 1.82) is 0 Å². The molecule has 1 aliphatic carbocycles. The Labute approximate surface area is 99.6 Å². The van der Waals surface area contributed by atoms with Gasteiger partial charge in [-0.3, -0.25) is 4.79 Å². The van der Waals surface area contributed by atoms with Crippen LogP contribution in [0.1, 0.15) is 54.9 Å². The minimum absolute atomic E-state index is 0.0473. The molecule has 0 aliphatic heterocycles. The molecule has 0 saturated heterocycles. The van der Waals surface area contributed by atoms with Gasteiger partial charge < -0.3 is 0 Å². The van der Waals surface area contributed by atoms with E-state index in [4.69, 9.17) is 0 Å². The van der Waals surface area contributed by atoms with E-state index in [-0.39, 0.29) is 16.6 Å². The van der Waals surface area contributed by atoms with Crippen LogP contribution in [0, 0.1) is 10.8 Å². The fourth-order valence-corrected chi connectivity index (χ4v) is 2.41. The zero-order chi connectivity index (χ0) is 12.7. The number of allylic oxidation sites excluding steroid dienone is 4. The molecule has 0 spiro atoms. The Kier molecular flexibility index (Phi) is 3.20. The quantitative estimate of drug-likeness (QED) is 0.595. The molecule has 1 heteroatoms. The maximum atomic E-state index is 12.5.